The summed E-state index contributed by atoms with van der Waals surface area (Å²) in [5.74, 6) is 1.45. The number of nitrogens with zero attached hydrogens (tertiary/aromatic N) is 5. The average molecular weight is 332 g/mol. The summed E-state index contributed by atoms with van der Waals surface area (Å²) in [6, 6.07) is 1.60. The van der Waals surface area contributed by atoms with E-state index in [4.69, 9.17) is 4.74 Å². The molecular formula is C14H16N6O2S. The SMILES string of the molecule is Cc1nc(C2CN(Cc3cc(=O)n4ccsc4n3)CCO2)n[nH]1. The predicted octanol–water partition coefficient (Wildman–Crippen LogP) is 0.756. The van der Waals surface area contributed by atoms with Crippen LogP contribution in [0.1, 0.15) is 23.4 Å². The lowest BCUT2D eigenvalue weighted by Gasteiger charge is -2.31. The number of aromatic amines is 1. The summed E-state index contributed by atoms with van der Waals surface area (Å²) in [6.45, 7) is 4.57. The molecule has 0 spiro atoms. The molecule has 0 radical (unpaired) electrons. The Bertz CT molecular complexity index is 885. The minimum atomic E-state index is -0.153. The molecule has 0 aliphatic carbocycles. The van der Waals surface area contributed by atoms with Crippen molar-refractivity contribution in [2.45, 2.75) is 19.6 Å². The summed E-state index contributed by atoms with van der Waals surface area (Å²) >= 11 is 1.46. The lowest BCUT2D eigenvalue weighted by atomic mass is 10.2. The van der Waals surface area contributed by atoms with Crippen LogP contribution < -0.4 is 5.56 Å². The fourth-order valence-electron chi connectivity index (χ4n) is 2.70. The first kappa shape index (κ1) is 14.5. The van der Waals surface area contributed by atoms with E-state index < -0.39 is 0 Å². The van der Waals surface area contributed by atoms with Crippen LogP contribution in [0, 0.1) is 6.92 Å². The Hall–Kier alpha value is -2.10. The van der Waals surface area contributed by atoms with Crippen LogP contribution in [0.3, 0.4) is 0 Å². The van der Waals surface area contributed by atoms with Gasteiger partial charge in [-0.3, -0.25) is 19.2 Å². The number of morpholine rings is 1. The number of rotatable bonds is 3. The standard InChI is InChI=1S/C14H16N6O2S/c1-9-15-13(18-17-9)11-8-19(2-4-22-11)7-10-6-12(21)20-3-5-23-14(20)16-10/h3,5-6,11H,2,4,7-8H2,1H3,(H,15,17,18). The molecule has 0 aromatic carbocycles. The molecule has 9 heteroatoms. The van der Waals surface area contributed by atoms with Gasteiger partial charge in [0, 0.05) is 37.3 Å². The normalized spacial score (nSPS) is 19.4. The van der Waals surface area contributed by atoms with Gasteiger partial charge in [0.2, 0.25) is 0 Å². The Morgan fingerprint density at radius 3 is 3.22 bits per heavy atom. The van der Waals surface area contributed by atoms with Crippen molar-refractivity contribution in [3.8, 4) is 0 Å². The highest BCUT2D eigenvalue weighted by Crippen LogP contribution is 2.20. The van der Waals surface area contributed by atoms with Crippen molar-refractivity contribution in [2.24, 2.45) is 0 Å². The number of ether oxygens (including phenoxy) is 1. The maximum atomic E-state index is 12.1. The molecular weight excluding hydrogens is 316 g/mol. The van der Waals surface area contributed by atoms with E-state index in [0.717, 1.165) is 23.0 Å². The van der Waals surface area contributed by atoms with Crippen LogP contribution in [0.15, 0.2) is 22.4 Å². The fourth-order valence-corrected chi connectivity index (χ4v) is 3.44. The number of H-pyrrole nitrogens is 1. The highest BCUT2D eigenvalue weighted by molar-refractivity contribution is 7.15. The highest BCUT2D eigenvalue weighted by Gasteiger charge is 2.25. The molecule has 4 heterocycles. The number of hydrogen-bond donors (Lipinski definition) is 1. The van der Waals surface area contributed by atoms with E-state index in [0.29, 0.717) is 25.5 Å². The minimum absolute atomic E-state index is 0.0411. The molecule has 0 bridgehead atoms. The number of nitrogens with one attached hydrogen (secondary N) is 1. The fraction of sp³-hybridized carbons (Fsp3) is 0.429. The monoisotopic (exact) mass is 332 g/mol. The van der Waals surface area contributed by atoms with Gasteiger partial charge in [0.15, 0.2) is 10.8 Å². The van der Waals surface area contributed by atoms with Gasteiger partial charge in [0.25, 0.3) is 5.56 Å². The van der Waals surface area contributed by atoms with E-state index in [-0.39, 0.29) is 11.7 Å². The van der Waals surface area contributed by atoms with E-state index in [1.54, 1.807) is 16.7 Å². The van der Waals surface area contributed by atoms with E-state index in [2.05, 4.69) is 25.1 Å². The summed E-state index contributed by atoms with van der Waals surface area (Å²) in [6.07, 6.45) is 1.59. The second kappa shape index (κ2) is 5.84. The van der Waals surface area contributed by atoms with Crippen LogP contribution in [0.5, 0.6) is 0 Å². The zero-order valence-electron chi connectivity index (χ0n) is 12.6. The van der Waals surface area contributed by atoms with Gasteiger partial charge >= 0.3 is 0 Å². The second-order valence-corrected chi connectivity index (χ2v) is 6.39. The third-order valence-corrected chi connectivity index (χ3v) is 4.55. The van der Waals surface area contributed by atoms with E-state index >= 15 is 0 Å². The minimum Gasteiger partial charge on any atom is -0.367 e. The molecule has 23 heavy (non-hydrogen) atoms. The smallest absolute Gasteiger partial charge is 0.258 e. The Labute approximate surface area is 135 Å². The third-order valence-electron chi connectivity index (χ3n) is 3.79. The van der Waals surface area contributed by atoms with Crippen LogP contribution in [0.4, 0.5) is 0 Å². The van der Waals surface area contributed by atoms with E-state index in [1.165, 1.54) is 11.3 Å². The summed E-state index contributed by atoms with van der Waals surface area (Å²) in [5, 5.41) is 8.88. The molecule has 1 N–H and O–H groups in total. The van der Waals surface area contributed by atoms with Gasteiger partial charge in [-0.1, -0.05) is 0 Å². The molecule has 3 aromatic rings. The number of hydrogen-bond acceptors (Lipinski definition) is 7. The first-order chi connectivity index (χ1) is 11.2. The van der Waals surface area contributed by atoms with Gasteiger partial charge in [-0.25, -0.2) is 9.97 Å². The molecule has 0 amide bonds. The molecule has 3 aromatic heterocycles. The lowest BCUT2D eigenvalue weighted by Crippen LogP contribution is -2.38. The van der Waals surface area contributed by atoms with Crippen LogP contribution in [0.25, 0.3) is 4.96 Å². The van der Waals surface area contributed by atoms with Crippen LogP contribution >= 0.6 is 11.3 Å². The van der Waals surface area contributed by atoms with Gasteiger partial charge in [-0.2, -0.15) is 5.10 Å². The Balaban J connectivity index is 1.52. The van der Waals surface area contributed by atoms with E-state index in [1.807, 2.05) is 12.3 Å². The van der Waals surface area contributed by atoms with E-state index in [9.17, 15) is 4.79 Å². The molecule has 4 rings (SSSR count). The summed E-state index contributed by atoms with van der Waals surface area (Å²) in [4.78, 5) is 23.9. The quantitative estimate of drug-likeness (QED) is 0.762. The number of thiazole rings is 1. The van der Waals surface area contributed by atoms with Crippen LogP contribution in [-0.2, 0) is 11.3 Å². The van der Waals surface area contributed by atoms with Crippen molar-refractivity contribution in [3.05, 3.63) is 45.3 Å². The predicted molar refractivity (Wildman–Crippen MR) is 84.4 cm³/mol. The van der Waals surface area contributed by atoms with Crippen LogP contribution in [-0.4, -0.2) is 49.2 Å². The van der Waals surface area contributed by atoms with Gasteiger partial charge in [-0.05, 0) is 6.92 Å². The molecule has 1 aliphatic rings. The van der Waals surface area contributed by atoms with Gasteiger partial charge < -0.3 is 4.74 Å². The van der Waals surface area contributed by atoms with Crippen molar-refractivity contribution < 1.29 is 4.74 Å². The van der Waals surface area contributed by atoms with Crippen molar-refractivity contribution >= 4 is 16.3 Å². The molecule has 0 saturated carbocycles. The first-order valence-electron chi connectivity index (χ1n) is 7.38. The summed E-state index contributed by atoms with van der Waals surface area (Å²) in [5.41, 5.74) is 0.741. The highest BCUT2D eigenvalue weighted by atomic mass is 32.1. The second-order valence-electron chi connectivity index (χ2n) is 5.51. The first-order valence-corrected chi connectivity index (χ1v) is 8.25. The number of fused-ring (bicyclic) bond motifs is 1. The molecule has 1 atom stereocenters. The largest absolute Gasteiger partial charge is 0.367 e. The van der Waals surface area contributed by atoms with Gasteiger partial charge in [0.05, 0.1) is 12.3 Å². The van der Waals surface area contributed by atoms with Crippen molar-refractivity contribution in [2.75, 3.05) is 19.7 Å². The zero-order valence-corrected chi connectivity index (χ0v) is 13.4. The summed E-state index contributed by atoms with van der Waals surface area (Å²) in [7, 11) is 0. The molecule has 120 valence electrons. The summed E-state index contributed by atoms with van der Waals surface area (Å²) < 4.78 is 7.32. The average Bonchev–Trinajstić information content (AvgIpc) is 3.16. The topological polar surface area (TPSA) is 88.4 Å². The van der Waals surface area contributed by atoms with Crippen molar-refractivity contribution in [1.29, 1.82) is 0 Å². The lowest BCUT2D eigenvalue weighted by molar-refractivity contribution is -0.0374. The number of aromatic nitrogens is 5. The Kier molecular flexibility index (Phi) is 3.68. The third kappa shape index (κ3) is 2.90. The molecule has 1 unspecified atom stereocenters. The number of aryl methyl sites for hydroxylation is 1. The Morgan fingerprint density at radius 2 is 2.39 bits per heavy atom. The van der Waals surface area contributed by atoms with Crippen molar-refractivity contribution in [3.63, 3.8) is 0 Å². The molecule has 1 fully saturated rings. The molecule has 1 saturated heterocycles. The zero-order chi connectivity index (χ0) is 15.8. The maximum Gasteiger partial charge on any atom is 0.258 e. The molecule has 8 nitrogen and oxygen atoms in total. The maximum absolute atomic E-state index is 12.1. The van der Waals surface area contributed by atoms with Gasteiger partial charge in [-0.15, -0.1) is 11.3 Å². The van der Waals surface area contributed by atoms with Crippen molar-refractivity contribution in [1.82, 2.24) is 29.5 Å². The van der Waals surface area contributed by atoms with Crippen LogP contribution in [0.2, 0.25) is 0 Å². The molecule has 1 aliphatic heterocycles. The Morgan fingerprint density at radius 1 is 1.48 bits per heavy atom. The van der Waals surface area contributed by atoms with Gasteiger partial charge in [0.1, 0.15) is 11.9 Å².